The topological polar surface area (TPSA) is 112 Å². The Labute approximate surface area is 99.9 Å². The molecule has 16 heavy (non-hydrogen) atoms. The van der Waals surface area contributed by atoms with Gasteiger partial charge in [0.15, 0.2) is 0 Å². The Morgan fingerprint density at radius 1 is 1.56 bits per heavy atom. The summed E-state index contributed by atoms with van der Waals surface area (Å²) in [7, 11) is 0. The molecule has 86 valence electrons. The quantitative estimate of drug-likeness (QED) is 0.627. The van der Waals surface area contributed by atoms with Crippen LogP contribution in [0.4, 0.5) is 5.69 Å². The summed E-state index contributed by atoms with van der Waals surface area (Å²) < 4.78 is 0.540. The Kier molecular flexibility index (Phi) is 3.97. The first-order valence-electron chi connectivity index (χ1n) is 4.39. The zero-order chi connectivity index (χ0) is 12.3. The lowest BCUT2D eigenvalue weighted by Gasteiger charge is -2.08. The highest BCUT2D eigenvalue weighted by Gasteiger charge is 2.14. The van der Waals surface area contributed by atoms with E-state index in [2.05, 4.69) is 15.9 Å². The van der Waals surface area contributed by atoms with Gasteiger partial charge in [0.2, 0.25) is 5.91 Å². The second-order valence-electron chi connectivity index (χ2n) is 3.25. The first kappa shape index (κ1) is 12.6. The first-order valence-corrected chi connectivity index (χ1v) is 5.19. The molecule has 0 aliphatic heterocycles. The number of rotatable bonds is 4. The summed E-state index contributed by atoms with van der Waals surface area (Å²) in [4.78, 5) is 20.7. The molecule has 0 aliphatic carbocycles. The molecule has 1 aromatic carbocycles. The van der Waals surface area contributed by atoms with Gasteiger partial charge in [0.05, 0.1) is 11.0 Å². The normalized spacial score (nSPS) is 12.1. The van der Waals surface area contributed by atoms with Gasteiger partial charge in [0.1, 0.15) is 0 Å². The van der Waals surface area contributed by atoms with Crippen LogP contribution in [0.15, 0.2) is 22.7 Å². The van der Waals surface area contributed by atoms with Crippen LogP contribution in [0, 0.1) is 10.1 Å². The van der Waals surface area contributed by atoms with Gasteiger partial charge < -0.3 is 11.5 Å². The predicted molar refractivity (Wildman–Crippen MR) is 61.7 cm³/mol. The van der Waals surface area contributed by atoms with Gasteiger partial charge in [-0.1, -0.05) is 22.0 Å². The number of carbonyl (C=O) groups excluding carboxylic acids is 1. The van der Waals surface area contributed by atoms with Crippen LogP contribution < -0.4 is 11.5 Å². The number of halogens is 1. The lowest BCUT2D eigenvalue weighted by molar-refractivity contribution is -0.384. The predicted octanol–water partition coefficient (Wildman–Crippen LogP) is 0.712. The summed E-state index contributed by atoms with van der Waals surface area (Å²) in [5.41, 5.74) is 11.2. The van der Waals surface area contributed by atoms with E-state index in [1.54, 1.807) is 6.07 Å². The van der Waals surface area contributed by atoms with Crippen LogP contribution in [0.25, 0.3) is 0 Å². The zero-order valence-electron chi connectivity index (χ0n) is 8.22. The maximum atomic E-state index is 10.8. The second kappa shape index (κ2) is 5.04. The SMILES string of the molecule is NC(=O)C(N)Cc1ccc([N+](=O)[O-])cc1Br. The van der Waals surface area contributed by atoms with Gasteiger partial charge in [-0.25, -0.2) is 0 Å². The molecule has 0 spiro atoms. The summed E-state index contributed by atoms with van der Waals surface area (Å²) in [5.74, 6) is -0.606. The van der Waals surface area contributed by atoms with E-state index in [0.717, 1.165) is 0 Å². The number of nitro groups is 1. The number of amides is 1. The van der Waals surface area contributed by atoms with E-state index >= 15 is 0 Å². The van der Waals surface area contributed by atoms with Crippen molar-refractivity contribution in [2.75, 3.05) is 0 Å². The van der Waals surface area contributed by atoms with E-state index in [9.17, 15) is 14.9 Å². The molecule has 0 heterocycles. The molecular weight excluding hydrogens is 278 g/mol. The molecule has 0 fully saturated rings. The van der Waals surface area contributed by atoms with Gasteiger partial charge in [-0.05, 0) is 12.0 Å². The Balaban J connectivity index is 2.91. The number of nitro benzene ring substituents is 1. The highest BCUT2D eigenvalue weighted by atomic mass is 79.9. The van der Waals surface area contributed by atoms with Crippen LogP contribution in [-0.2, 0) is 11.2 Å². The average Bonchev–Trinajstić information content (AvgIpc) is 2.20. The Morgan fingerprint density at radius 3 is 2.62 bits per heavy atom. The van der Waals surface area contributed by atoms with Crippen molar-refractivity contribution in [2.45, 2.75) is 12.5 Å². The van der Waals surface area contributed by atoms with E-state index in [1.165, 1.54) is 12.1 Å². The van der Waals surface area contributed by atoms with Crippen LogP contribution in [0.5, 0.6) is 0 Å². The number of primary amides is 1. The molecule has 0 aliphatic rings. The van der Waals surface area contributed by atoms with E-state index in [-0.39, 0.29) is 12.1 Å². The molecule has 1 atom stereocenters. The number of benzene rings is 1. The highest BCUT2D eigenvalue weighted by molar-refractivity contribution is 9.10. The Bertz CT molecular complexity index is 436. The van der Waals surface area contributed by atoms with Gasteiger partial charge in [0, 0.05) is 16.6 Å². The molecule has 0 aromatic heterocycles. The highest BCUT2D eigenvalue weighted by Crippen LogP contribution is 2.23. The molecule has 0 radical (unpaired) electrons. The minimum atomic E-state index is -0.794. The minimum absolute atomic E-state index is 0.0247. The van der Waals surface area contributed by atoms with E-state index in [1.807, 2.05) is 0 Å². The Morgan fingerprint density at radius 2 is 2.19 bits per heavy atom. The molecular formula is C9H10BrN3O3. The monoisotopic (exact) mass is 287 g/mol. The van der Waals surface area contributed by atoms with Crippen molar-refractivity contribution in [1.29, 1.82) is 0 Å². The van der Waals surface area contributed by atoms with Gasteiger partial charge in [0.25, 0.3) is 5.69 Å². The molecule has 1 rings (SSSR count). The van der Waals surface area contributed by atoms with E-state index in [0.29, 0.717) is 10.0 Å². The minimum Gasteiger partial charge on any atom is -0.368 e. The third kappa shape index (κ3) is 3.01. The van der Waals surface area contributed by atoms with Crippen molar-refractivity contribution >= 4 is 27.5 Å². The summed E-state index contributed by atoms with van der Waals surface area (Å²) in [6.07, 6.45) is 0.244. The molecule has 7 heteroatoms. The lowest BCUT2D eigenvalue weighted by atomic mass is 10.1. The van der Waals surface area contributed by atoms with Gasteiger partial charge in [-0.3, -0.25) is 14.9 Å². The van der Waals surface area contributed by atoms with Crippen molar-refractivity contribution in [3.05, 3.63) is 38.3 Å². The van der Waals surface area contributed by atoms with Crippen LogP contribution in [-0.4, -0.2) is 16.9 Å². The Hall–Kier alpha value is -1.47. The maximum absolute atomic E-state index is 10.8. The molecule has 0 saturated heterocycles. The van der Waals surface area contributed by atoms with Gasteiger partial charge in [-0.15, -0.1) is 0 Å². The van der Waals surface area contributed by atoms with Gasteiger partial charge >= 0.3 is 0 Å². The standard InChI is InChI=1S/C9H10BrN3O3/c10-7-4-6(13(15)16)2-1-5(7)3-8(11)9(12)14/h1-2,4,8H,3,11H2,(H2,12,14). The number of non-ortho nitro benzene ring substituents is 1. The van der Waals surface area contributed by atoms with Crippen LogP contribution in [0.2, 0.25) is 0 Å². The number of nitrogens with zero attached hydrogens (tertiary/aromatic N) is 1. The van der Waals surface area contributed by atoms with Crippen molar-refractivity contribution < 1.29 is 9.72 Å². The van der Waals surface area contributed by atoms with Crippen molar-refractivity contribution in [1.82, 2.24) is 0 Å². The molecule has 0 saturated carbocycles. The molecule has 1 unspecified atom stereocenters. The fraction of sp³-hybridized carbons (Fsp3) is 0.222. The lowest BCUT2D eigenvalue weighted by Crippen LogP contribution is -2.38. The fourth-order valence-corrected chi connectivity index (χ4v) is 1.68. The smallest absolute Gasteiger partial charge is 0.270 e. The van der Waals surface area contributed by atoms with Crippen molar-refractivity contribution in [3.63, 3.8) is 0 Å². The fourth-order valence-electron chi connectivity index (χ4n) is 1.15. The zero-order valence-corrected chi connectivity index (χ0v) is 9.81. The van der Waals surface area contributed by atoms with Crippen LogP contribution in [0.1, 0.15) is 5.56 Å². The van der Waals surface area contributed by atoms with Crippen molar-refractivity contribution in [3.8, 4) is 0 Å². The number of carbonyl (C=O) groups is 1. The van der Waals surface area contributed by atoms with Crippen molar-refractivity contribution in [2.24, 2.45) is 11.5 Å². The summed E-state index contributed by atoms with van der Waals surface area (Å²) in [5, 5.41) is 10.5. The average molecular weight is 288 g/mol. The molecule has 0 bridgehead atoms. The number of nitrogens with two attached hydrogens (primary N) is 2. The summed E-state index contributed by atoms with van der Waals surface area (Å²) in [6.45, 7) is 0. The molecule has 6 nitrogen and oxygen atoms in total. The maximum Gasteiger partial charge on any atom is 0.270 e. The molecule has 4 N–H and O–H groups in total. The van der Waals surface area contributed by atoms with Crippen LogP contribution >= 0.6 is 15.9 Å². The second-order valence-corrected chi connectivity index (χ2v) is 4.10. The third-order valence-corrected chi connectivity index (χ3v) is 2.79. The first-order chi connectivity index (χ1) is 7.41. The van der Waals surface area contributed by atoms with E-state index < -0.39 is 16.9 Å². The summed E-state index contributed by atoms with van der Waals surface area (Å²) >= 11 is 3.18. The third-order valence-electron chi connectivity index (χ3n) is 2.05. The van der Waals surface area contributed by atoms with Gasteiger partial charge in [-0.2, -0.15) is 0 Å². The largest absolute Gasteiger partial charge is 0.368 e. The molecule has 1 aromatic rings. The summed E-state index contributed by atoms with van der Waals surface area (Å²) in [6, 6.07) is 3.47. The van der Waals surface area contributed by atoms with E-state index in [4.69, 9.17) is 11.5 Å². The van der Waals surface area contributed by atoms with Crippen LogP contribution in [0.3, 0.4) is 0 Å². The molecule has 1 amide bonds. The number of hydrogen-bond acceptors (Lipinski definition) is 4. The number of hydrogen-bond donors (Lipinski definition) is 2.